The van der Waals surface area contributed by atoms with Crippen LogP contribution in [0.5, 0.6) is 0 Å². The molecule has 0 aliphatic carbocycles. The highest BCUT2D eigenvalue weighted by Gasteiger charge is 2.30. The molecule has 0 radical (unpaired) electrons. The molecule has 3 rings (SSSR count). The number of amides is 2. The molecule has 2 aliphatic rings. The van der Waals surface area contributed by atoms with E-state index in [4.69, 9.17) is 4.74 Å². The van der Waals surface area contributed by atoms with Crippen molar-refractivity contribution in [3.05, 3.63) is 47.5 Å². The monoisotopic (exact) mass is 343 g/mol. The van der Waals surface area contributed by atoms with Crippen molar-refractivity contribution in [2.75, 3.05) is 32.8 Å². The van der Waals surface area contributed by atoms with Crippen LogP contribution in [-0.4, -0.2) is 49.8 Å². The second-order valence-corrected chi connectivity index (χ2v) is 7.10. The largest absolute Gasteiger partial charge is 0.377 e. The third-order valence-electron chi connectivity index (χ3n) is 5.04. The average molecular weight is 343 g/mol. The van der Waals surface area contributed by atoms with Crippen LogP contribution in [0.15, 0.2) is 42.0 Å². The van der Waals surface area contributed by atoms with E-state index in [1.807, 2.05) is 6.07 Å². The first-order chi connectivity index (χ1) is 12.2. The Balaban J connectivity index is 1.38. The molecule has 2 atom stereocenters. The molecule has 5 heteroatoms. The first kappa shape index (κ1) is 18.0. The number of rotatable bonds is 6. The molecule has 25 heavy (non-hydrogen) atoms. The zero-order chi connectivity index (χ0) is 17.5. The van der Waals surface area contributed by atoms with Crippen molar-refractivity contribution in [2.45, 2.75) is 32.4 Å². The molecule has 2 heterocycles. The molecule has 1 aromatic rings. The fraction of sp³-hybridized carbons (Fsp3) is 0.550. The van der Waals surface area contributed by atoms with Crippen molar-refractivity contribution in [1.82, 2.24) is 15.5 Å². The van der Waals surface area contributed by atoms with E-state index in [-0.39, 0.29) is 12.1 Å². The van der Waals surface area contributed by atoms with E-state index in [0.29, 0.717) is 19.1 Å². The van der Waals surface area contributed by atoms with Gasteiger partial charge in [-0.15, -0.1) is 0 Å². The topological polar surface area (TPSA) is 53.6 Å². The van der Waals surface area contributed by atoms with Crippen molar-refractivity contribution in [3.8, 4) is 0 Å². The predicted octanol–water partition coefficient (Wildman–Crippen LogP) is 2.54. The molecular weight excluding hydrogens is 314 g/mol. The molecule has 136 valence electrons. The summed E-state index contributed by atoms with van der Waals surface area (Å²) in [5, 5.41) is 6.14. The third kappa shape index (κ3) is 5.58. The predicted molar refractivity (Wildman–Crippen MR) is 99.3 cm³/mol. The van der Waals surface area contributed by atoms with Crippen LogP contribution in [0, 0.1) is 5.92 Å². The van der Waals surface area contributed by atoms with Crippen LogP contribution >= 0.6 is 0 Å². The summed E-state index contributed by atoms with van der Waals surface area (Å²) in [4.78, 5) is 14.6. The number of nitrogens with zero attached hydrogens (tertiary/aromatic N) is 1. The van der Waals surface area contributed by atoms with E-state index >= 15 is 0 Å². The van der Waals surface area contributed by atoms with Crippen molar-refractivity contribution in [2.24, 2.45) is 5.92 Å². The number of likely N-dealkylation sites (tertiary alicyclic amines) is 1. The maximum atomic E-state index is 12.2. The lowest BCUT2D eigenvalue weighted by Crippen LogP contribution is -2.45. The molecule has 2 amide bonds. The summed E-state index contributed by atoms with van der Waals surface area (Å²) in [6.07, 6.45) is 4.03. The molecule has 0 spiro atoms. The number of benzene rings is 1. The van der Waals surface area contributed by atoms with Gasteiger partial charge in [0.15, 0.2) is 0 Å². The van der Waals surface area contributed by atoms with Crippen molar-refractivity contribution in [3.63, 3.8) is 0 Å². The van der Waals surface area contributed by atoms with Crippen LogP contribution in [0.25, 0.3) is 0 Å². The summed E-state index contributed by atoms with van der Waals surface area (Å²) in [6, 6.07) is 10.7. The van der Waals surface area contributed by atoms with Gasteiger partial charge >= 0.3 is 6.03 Å². The van der Waals surface area contributed by atoms with Crippen LogP contribution in [0.1, 0.15) is 25.3 Å². The minimum atomic E-state index is -0.0499. The Morgan fingerprint density at radius 1 is 1.28 bits per heavy atom. The summed E-state index contributed by atoms with van der Waals surface area (Å²) >= 11 is 0. The van der Waals surface area contributed by atoms with E-state index in [1.165, 1.54) is 11.1 Å². The van der Waals surface area contributed by atoms with Gasteiger partial charge in [-0.2, -0.15) is 0 Å². The van der Waals surface area contributed by atoms with Crippen LogP contribution in [0.2, 0.25) is 0 Å². The van der Waals surface area contributed by atoms with Gasteiger partial charge < -0.3 is 15.4 Å². The van der Waals surface area contributed by atoms with E-state index < -0.39 is 0 Å². The van der Waals surface area contributed by atoms with Crippen LogP contribution in [0.3, 0.4) is 0 Å². The number of hydrogen-bond acceptors (Lipinski definition) is 3. The molecule has 1 aromatic carbocycles. The van der Waals surface area contributed by atoms with Gasteiger partial charge in [0.25, 0.3) is 0 Å². The number of hydrogen-bond donors (Lipinski definition) is 2. The Morgan fingerprint density at radius 3 is 2.88 bits per heavy atom. The molecule has 1 saturated heterocycles. The smallest absolute Gasteiger partial charge is 0.315 e. The first-order valence-electron chi connectivity index (χ1n) is 9.27. The molecule has 0 bridgehead atoms. The second kappa shape index (κ2) is 9.02. The zero-order valence-corrected chi connectivity index (χ0v) is 15.0. The van der Waals surface area contributed by atoms with Gasteiger partial charge in [0.2, 0.25) is 0 Å². The van der Waals surface area contributed by atoms with Gasteiger partial charge in [0.05, 0.1) is 13.2 Å². The summed E-state index contributed by atoms with van der Waals surface area (Å²) in [5.41, 5.74) is 2.71. The normalized spacial score (nSPS) is 24.0. The number of carbonyl (C=O) groups excluding carboxylic acids is 1. The summed E-state index contributed by atoms with van der Waals surface area (Å²) < 4.78 is 5.30. The number of urea groups is 1. The lowest BCUT2D eigenvalue weighted by Gasteiger charge is -2.18. The van der Waals surface area contributed by atoms with E-state index in [1.54, 1.807) is 0 Å². The molecule has 2 aliphatic heterocycles. The van der Waals surface area contributed by atoms with Gasteiger partial charge in [-0.1, -0.05) is 48.9 Å². The van der Waals surface area contributed by atoms with Crippen molar-refractivity contribution in [1.29, 1.82) is 0 Å². The molecule has 0 aromatic heterocycles. The summed E-state index contributed by atoms with van der Waals surface area (Å²) in [6.45, 7) is 7.28. The third-order valence-corrected chi connectivity index (χ3v) is 5.04. The molecule has 0 saturated carbocycles. The Bertz CT molecular complexity index is 588. The standard InChI is InChI=1S/C20H29N3O2/c1-16-13-23(14-18-5-3-2-4-6-18)15-19(16)22-20(24)21-10-7-17-8-11-25-12-9-17/h2-6,8,16,19H,7,9-15H2,1H3,(H2,21,22,24)/t16-,19-/m1/s1. The highest BCUT2D eigenvalue weighted by molar-refractivity contribution is 5.74. The van der Waals surface area contributed by atoms with Crippen LogP contribution < -0.4 is 10.6 Å². The Hall–Kier alpha value is -1.85. The number of carbonyl (C=O) groups is 1. The van der Waals surface area contributed by atoms with Gasteiger partial charge in [-0.25, -0.2) is 4.79 Å². The maximum Gasteiger partial charge on any atom is 0.315 e. The highest BCUT2D eigenvalue weighted by Crippen LogP contribution is 2.19. The zero-order valence-electron chi connectivity index (χ0n) is 15.0. The lowest BCUT2D eigenvalue weighted by atomic mass is 10.1. The molecule has 1 fully saturated rings. The Kier molecular flexibility index (Phi) is 6.48. The van der Waals surface area contributed by atoms with Crippen molar-refractivity contribution < 1.29 is 9.53 Å². The first-order valence-corrected chi connectivity index (χ1v) is 9.27. The summed E-state index contributed by atoms with van der Waals surface area (Å²) in [5.74, 6) is 0.465. The molecular formula is C20H29N3O2. The van der Waals surface area contributed by atoms with Gasteiger partial charge in [0.1, 0.15) is 0 Å². The lowest BCUT2D eigenvalue weighted by molar-refractivity contribution is 0.153. The minimum Gasteiger partial charge on any atom is -0.377 e. The van der Waals surface area contributed by atoms with E-state index in [2.05, 4.69) is 52.8 Å². The second-order valence-electron chi connectivity index (χ2n) is 7.10. The molecule has 0 unspecified atom stereocenters. The highest BCUT2D eigenvalue weighted by atomic mass is 16.5. The number of nitrogens with one attached hydrogen (secondary N) is 2. The SMILES string of the molecule is C[C@@H]1CN(Cc2ccccc2)C[C@H]1NC(=O)NCCC1=CCOCC1. The fourth-order valence-electron chi connectivity index (χ4n) is 3.57. The average Bonchev–Trinajstić information content (AvgIpc) is 2.96. The molecule has 5 nitrogen and oxygen atoms in total. The van der Waals surface area contributed by atoms with Gasteiger partial charge in [-0.3, -0.25) is 4.90 Å². The van der Waals surface area contributed by atoms with Crippen LogP contribution in [-0.2, 0) is 11.3 Å². The molecule has 2 N–H and O–H groups in total. The quantitative estimate of drug-likeness (QED) is 0.781. The maximum absolute atomic E-state index is 12.2. The Morgan fingerprint density at radius 2 is 2.12 bits per heavy atom. The van der Waals surface area contributed by atoms with Gasteiger partial charge in [0, 0.05) is 32.2 Å². The fourth-order valence-corrected chi connectivity index (χ4v) is 3.57. The van der Waals surface area contributed by atoms with E-state index in [9.17, 15) is 4.79 Å². The van der Waals surface area contributed by atoms with Crippen molar-refractivity contribution >= 4 is 6.03 Å². The Labute approximate surface area is 150 Å². The van der Waals surface area contributed by atoms with Gasteiger partial charge in [-0.05, 0) is 24.3 Å². The number of ether oxygens (including phenoxy) is 1. The van der Waals surface area contributed by atoms with E-state index in [0.717, 1.165) is 39.1 Å². The minimum absolute atomic E-state index is 0.0499. The van der Waals surface area contributed by atoms with Crippen LogP contribution in [0.4, 0.5) is 4.79 Å². The summed E-state index contributed by atoms with van der Waals surface area (Å²) in [7, 11) is 0.